The van der Waals surface area contributed by atoms with Crippen LogP contribution in [0.5, 0.6) is 11.5 Å². The number of carbonyl (C=O) groups excluding carboxylic acids is 2. The Labute approximate surface area is 230 Å². The number of methoxy groups -OCH3 is 1. The Morgan fingerprint density at radius 3 is 2.44 bits per heavy atom. The fourth-order valence-electron chi connectivity index (χ4n) is 3.40. The minimum Gasteiger partial charge on any atom is -0.493 e. The maximum atomic E-state index is 13.0. The van der Waals surface area contributed by atoms with Crippen LogP contribution in [0.2, 0.25) is 10.0 Å². The van der Waals surface area contributed by atoms with E-state index < -0.39 is 5.91 Å². The van der Waals surface area contributed by atoms with E-state index in [1.807, 2.05) is 12.1 Å². The first-order valence-electron chi connectivity index (χ1n) is 10.5. The normalized spacial score (nSPS) is 14.3. The minimum absolute atomic E-state index is 0.0913. The van der Waals surface area contributed by atoms with Gasteiger partial charge in [0, 0.05) is 0 Å². The van der Waals surface area contributed by atoms with Gasteiger partial charge in [0.2, 0.25) is 0 Å². The molecular formula is C26H17BrCl2N2O4S. The van der Waals surface area contributed by atoms with Crippen LogP contribution in [-0.2, 0) is 17.9 Å². The third kappa shape index (κ3) is 5.88. The van der Waals surface area contributed by atoms with Crippen LogP contribution in [0.15, 0.2) is 64.0 Å². The highest BCUT2D eigenvalue weighted by atomic mass is 79.9. The lowest BCUT2D eigenvalue weighted by Gasteiger charge is -2.14. The zero-order chi connectivity index (χ0) is 25.8. The van der Waals surface area contributed by atoms with Gasteiger partial charge in [0.15, 0.2) is 11.5 Å². The number of thioether (sulfide) groups is 1. The van der Waals surface area contributed by atoms with E-state index in [-0.39, 0.29) is 18.4 Å². The molecule has 0 aromatic heterocycles. The van der Waals surface area contributed by atoms with Gasteiger partial charge in [-0.2, -0.15) is 5.26 Å². The number of amides is 2. The molecule has 1 heterocycles. The van der Waals surface area contributed by atoms with E-state index in [4.69, 9.17) is 37.9 Å². The Morgan fingerprint density at radius 2 is 1.78 bits per heavy atom. The van der Waals surface area contributed by atoms with Gasteiger partial charge in [-0.05, 0) is 86.9 Å². The van der Waals surface area contributed by atoms with Gasteiger partial charge in [0.05, 0.1) is 44.7 Å². The maximum absolute atomic E-state index is 13.0. The van der Waals surface area contributed by atoms with Crippen molar-refractivity contribution >= 4 is 68.1 Å². The Hall–Kier alpha value is -2.96. The van der Waals surface area contributed by atoms with E-state index in [2.05, 4.69) is 22.0 Å². The number of imide groups is 1. The van der Waals surface area contributed by atoms with Crippen LogP contribution in [0.1, 0.15) is 22.3 Å². The Morgan fingerprint density at radius 1 is 1.06 bits per heavy atom. The summed E-state index contributed by atoms with van der Waals surface area (Å²) in [6.07, 6.45) is 1.64. The molecule has 6 nitrogen and oxygen atoms in total. The molecule has 0 aliphatic carbocycles. The number of nitriles is 1. The minimum atomic E-state index is -0.396. The number of benzene rings is 3. The lowest BCUT2D eigenvalue weighted by atomic mass is 10.1. The van der Waals surface area contributed by atoms with Gasteiger partial charge >= 0.3 is 0 Å². The van der Waals surface area contributed by atoms with Crippen molar-refractivity contribution in [3.8, 4) is 17.6 Å². The van der Waals surface area contributed by atoms with Crippen molar-refractivity contribution in [3.05, 3.63) is 96.3 Å². The molecule has 1 saturated heterocycles. The van der Waals surface area contributed by atoms with E-state index in [1.165, 1.54) is 7.11 Å². The average Bonchev–Trinajstić information content (AvgIpc) is 3.12. The van der Waals surface area contributed by atoms with E-state index >= 15 is 0 Å². The first kappa shape index (κ1) is 26.1. The molecule has 0 unspecified atom stereocenters. The van der Waals surface area contributed by atoms with Gasteiger partial charge in [-0.15, -0.1) is 0 Å². The van der Waals surface area contributed by atoms with Gasteiger partial charge in [-0.25, -0.2) is 0 Å². The molecule has 0 bridgehead atoms. The number of hydrogen-bond acceptors (Lipinski definition) is 6. The number of halogens is 3. The SMILES string of the molecule is COc1cc(/C=C2\SC(=O)N(Cc3ccc(Cl)c(Cl)c3)C2=O)cc(Br)c1OCc1ccc(C#N)cc1. The average molecular weight is 604 g/mol. The number of rotatable bonds is 7. The molecule has 0 radical (unpaired) electrons. The fourth-order valence-corrected chi connectivity index (χ4v) is 5.14. The van der Waals surface area contributed by atoms with Crippen LogP contribution in [0.25, 0.3) is 6.08 Å². The van der Waals surface area contributed by atoms with Crippen molar-refractivity contribution in [2.45, 2.75) is 13.2 Å². The summed E-state index contributed by atoms with van der Waals surface area (Å²) < 4.78 is 12.1. The quantitative estimate of drug-likeness (QED) is 0.261. The number of ether oxygens (including phenoxy) is 2. The van der Waals surface area contributed by atoms with Crippen molar-refractivity contribution in [3.63, 3.8) is 0 Å². The van der Waals surface area contributed by atoms with Crippen LogP contribution >= 0.6 is 50.9 Å². The van der Waals surface area contributed by atoms with E-state index in [9.17, 15) is 9.59 Å². The summed E-state index contributed by atoms with van der Waals surface area (Å²) in [5.74, 6) is 0.554. The third-order valence-corrected chi connectivity index (χ3v) is 7.45. The van der Waals surface area contributed by atoms with Crippen LogP contribution in [0.4, 0.5) is 4.79 Å². The second-order valence-electron chi connectivity index (χ2n) is 7.65. The van der Waals surface area contributed by atoms with Crippen molar-refractivity contribution in [2.75, 3.05) is 7.11 Å². The molecule has 0 N–H and O–H groups in total. The largest absolute Gasteiger partial charge is 0.493 e. The summed E-state index contributed by atoms with van der Waals surface area (Å²) in [6.45, 7) is 0.363. The van der Waals surface area contributed by atoms with Gasteiger partial charge < -0.3 is 9.47 Å². The highest BCUT2D eigenvalue weighted by Gasteiger charge is 2.35. The molecule has 1 fully saturated rings. The maximum Gasteiger partial charge on any atom is 0.293 e. The highest BCUT2D eigenvalue weighted by molar-refractivity contribution is 9.10. The van der Waals surface area contributed by atoms with E-state index in [0.717, 1.165) is 22.2 Å². The van der Waals surface area contributed by atoms with Crippen LogP contribution in [0.3, 0.4) is 0 Å². The number of hydrogen-bond donors (Lipinski definition) is 0. The van der Waals surface area contributed by atoms with Gasteiger partial charge in [-0.1, -0.05) is 41.4 Å². The van der Waals surface area contributed by atoms with Crippen molar-refractivity contribution < 1.29 is 19.1 Å². The molecular weight excluding hydrogens is 587 g/mol. The molecule has 10 heteroatoms. The summed E-state index contributed by atoms with van der Waals surface area (Å²) in [4.78, 5) is 27.0. The lowest BCUT2D eigenvalue weighted by Crippen LogP contribution is -2.27. The Balaban J connectivity index is 1.52. The molecule has 0 saturated carbocycles. The smallest absolute Gasteiger partial charge is 0.293 e. The van der Waals surface area contributed by atoms with Crippen molar-refractivity contribution in [1.82, 2.24) is 4.90 Å². The van der Waals surface area contributed by atoms with E-state index in [1.54, 1.807) is 48.5 Å². The summed E-state index contributed by atoms with van der Waals surface area (Å²) >= 11 is 16.4. The molecule has 36 heavy (non-hydrogen) atoms. The summed E-state index contributed by atoms with van der Waals surface area (Å²) in [5.41, 5.74) is 2.82. The lowest BCUT2D eigenvalue weighted by molar-refractivity contribution is -0.123. The summed E-state index contributed by atoms with van der Waals surface area (Å²) in [5, 5.41) is 9.33. The Bertz CT molecular complexity index is 1420. The molecule has 1 aliphatic heterocycles. The second-order valence-corrected chi connectivity index (χ2v) is 10.3. The fraction of sp³-hybridized carbons (Fsp3) is 0.115. The van der Waals surface area contributed by atoms with Gasteiger partial charge in [-0.3, -0.25) is 14.5 Å². The molecule has 3 aromatic carbocycles. The molecule has 0 spiro atoms. The van der Waals surface area contributed by atoms with Crippen LogP contribution < -0.4 is 9.47 Å². The third-order valence-electron chi connectivity index (χ3n) is 5.21. The molecule has 0 atom stereocenters. The van der Waals surface area contributed by atoms with Gasteiger partial charge in [0.25, 0.3) is 11.1 Å². The molecule has 182 valence electrons. The standard InChI is InChI=1S/C26H17BrCl2N2O4S/c1-34-22-10-18(8-19(27)24(22)35-14-16-4-2-15(12-30)3-5-16)11-23-25(32)31(26(33)36-23)13-17-6-7-20(28)21(29)9-17/h2-11H,13-14H2,1H3/b23-11-. The molecule has 3 aromatic rings. The number of nitrogens with zero attached hydrogens (tertiary/aromatic N) is 2. The zero-order valence-electron chi connectivity index (χ0n) is 18.8. The van der Waals surface area contributed by atoms with Crippen molar-refractivity contribution in [2.24, 2.45) is 0 Å². The predicted molar refractivity (Wildman–Crippen MR) is 144 cm³/mol. The molecule has 2 amide bonds. The predicted octanol–water partition coefficient (Wildman–Crippen LogP) is 7.45. The van der Waals surface area contributed by atoms with E-state index in [0.29, 0.717) is 47.6 Å². The topological polar surface area (TPSA) is 79.6 Å². The first-order valence-corrected chi connectivity index (χ1v) is 12.8. The summed E-state index contributed by atoms with van der Waals surface area (Å²) in [6, 6.07) is 17.7. The van der Waals surface area contributed by atoms with Crippen LogP contribution in [0, 0.1) is 11.3 Å². The van der Waals surface area contributed by atoms with Crippen LogP contribution in [-0.4, -0.2) is 23.2 Å². The zero-order valence-corrected chi connectivity index (χ0v) is 22.7. The highest BCUT2D eigenvalue weighted by Crippen LogP contribution is 2.40. The first-order chi connectivity index (χ1) is 17.3. The monoisotopic (exact) mass is 602 g/mol. The second kappa shape index (κ2) is 11.4. The summed E-state index contributed by atoms with van der Waals surface area (Å²) in [7, 11) is 1.52. The Kier molecular flexibility index (Phi) is 8.27. The van der Waals surface area contributed by atoms with Gasteiger partial charge in [0.1, 0.15) is 6.61 Å². The molecule has 4 rings (SSSR count). The molecule has 1 aliphatic rings. The van der Waals surface area contributed by atoms with Crippen molar-refractivity contribution in [1.29, 1.82) is 5.26 Å². The number of carbonyl (C=O) groups is 2.